The molecule has 6 nitrogen and oxygen atoms in total. The first-order chi connectivity index (χ1) is 18.1. The third-order valence-electron chi connectivity index (χ3n) is 6.70. The number of rotatable bonds is 7. The summed E-state index contributed by atoms with van der Waals surface area (Å²) in [7, 11) is -2.80. The predicted molar refractivity (Wildman–Crippen MR) is 144 cm³/mol. The van der Waals surface area contributed by atoms with E-state index in [0.717, 1.165) is 11.0 Å². The van der Waals surface area contributed by atoms with Crippen LogP contribution in [-0.2, 0) is 9.36 Å². The van der Waals surface area contributed by atoms with E-state index in [1.54, 1.807) is 38.1 Å². The van der Waals surface area contributed by atoms with Crippen molar-refractivity contribution in [1.29, 1.82) is 0 Å². The minimum Gasteiger partial charge on any atom is -0.326 e. The number of urea groups is 1. The minimum atomic E-state index is -2.80. The summed E-state index contributed by atoms with van der Waals surface area (Å²) in [6.45, 7) is 3.64. The molecule has 0 spiro atoms. The molecule has 0 aromatic heterocycles. The Morgan fingerprint density at radius 3 is 2.42 bits per heavy atom. The first-order valence-electron chi connectivity index (χ1n) is 12.1. The van der Waals surface area contributed by atoms with E-state index < -0.39 is 42.6 Å². The van der Waals surface area contributed by atoms with Gasteiger partial charge >= 0.3 is 6.03 Å². The van der Waals surface area contributed by atoms with Gasteiger partial charge in [-0.2, -0.15) is 0 Å². The molecule has 2 N–H and O–H groups in total. The Balaban J connectivity index is 1.55. The fraction of sp³-hybridized carbons (Fsp3) is 0.259. The zero-order chi connectivity index (χ0) is 27.6. The molecule has 3 aromatic carbocycles. The van der Waals surface area contributed by atoms with Gasteiger partial charge in [0.1, 0.15) is 19.0 Å². The van der Waals surface area contributed by atoms with Crippen molar-refractivity contribution in [2.24, 2.45) is 0 Å². The highest BCUT2D eigenvalue weighted by molar-refractivity contribution is 7.71. The van der Waals surface area contributed by atoms with Gasteiger partial charge in [0, 0.05) is 34.8 Å². The highest BCUT2D eigenvalue weighted by Gasteiger charge is 2.36. The van der Waals surface area contributed by atoms with Crippen LogP contribution in [0.4, 0.5) is 29.3 Å². The number of nitrogens with zero attached hydrogens (tertiary/aromatic N) is 1. The molecule has 3 amide bonds. The molecule has 1 heterocycles. The summed E-state index contributed by atoms with van der Waals surface area (Å²) in [5.41, 5.74) is -0.0965. The van der Waals surface area contributed by atoms with E-state index in [1.807, 2.05) is 0 Å². The van der Waals surface area contributed by atoms with E-state index in [-0.39, 0.29) is 34.9 Å². The van der Waals surface area contributed by atoms with Crippen molar-refractivity contribution >= 4 is 47.4 Å². The van der Waals surface area contributed by atoms with Crippen LogP contribution in [0.5, 0.6) is 0 Å². The average Bonchev–Trinajstić information content (AvgIpc) is 3.26. The molecule has 1 aliphatic heterocycles. The number of hydrogen-bond donors (Lipinski definition) is 2. The lowest BCUT2D eigenvalue weighted by atomic mass is 10.0. The van der Waals surface area contributed by atoms with Crippen LogP contribution in [0.1, 0.15) is 20.3 Å². The topological polar surface area (TPSA) is 78.5 Å². The van der Waals surface area contributed by atoms with E-state index in [1.165, 1.54) is 24.3 Å². The second kappa shape index (κ2) is 11.2. The highest BCUT2D eigenvalue weighted by Crippen LogP contribution is 2.46. The van der Waals surface area contributed by atoms with Crippen molar-refractivity contribution in [2.45, 2.75) is 26.3 Å². The molecule has 0 aliphatic carbocycles. The fourth-order valence-corrected chi connectivity index (χ4v) is 6.82. The molecule has 0 radical (unpaired) electrons. The monoisotopic (exact) mass is 563 g/mol. The molecule has 1 aliphatic rings. The van der Waals surface area contributed by atoms with Gasteiger partial charge < -0.3 is 20.1 Å². The summed E-state index contributed by atoms with van der Waals surface area (Å²) >= 11 is 5.71. The third kappa shape index (κ3) is 5.31. The van der Waals surface area contributed by atoms with Gasteiger partial charge in [-0.15, -0.1) is 0 Å². The number of halogens is 4. The Labute approximate surface area is 223 Å². The quantitative estimate of drug-likeness (QED) is 0.328. The second-order valence-corrected chi connectivity index (χ2v) is 12.8. The molecule has 1 saturated heterocycles. The molecule has 200 valence electrons. The van der Waals surface area contributed by atoms with E-state index in [0.29, 0.717) is 23.2 Å². The van der Waals surface area contributed by atoms with Crippen LogP contribution in [0.25, 0.3) is 11.1 Å². The number of anilines is 2. The largest absolute Gasteiger partial charge is 0.326 e. The molecule has 0 saturated carbocycles. The van der Waals surface area contributed by atoms with Crippen LogP contribution in [0.3, 0.4) is 0 Å². The standard InChI is InChI=1S/C27H26ClF3N3O3P/c1-3-38(37,4-2)23-8-6-5-7-17(23)18-10-12-22(25(31)24(18)30)34-14-13-21(26(34)35)33-27(36)32-20-11-9-16(28)15-19(20)29/h5-12,15,21H,3-4,13-14H2,1-2H3,(H2,32,33,36)/t21-/m1/s1. The van der Waals surface area contributed by atoms with Gasteiger partial charge in [0.05, 0.1) is 11.4 Å². The molecule has 1 atom stereocenters. The van der Waals surface area contributed by atoms with Crippen LogP contribution in [0.2, 0.25) is 5.02 Å². The highest BCUT2D eigenvalue weighted by atomic mass is 35.5. The van der Waals surface area contributed by atoms with Crippen molar-refractivity contribution in [3.8, 4) is 11.1 Å². The van der Waals surface area contributed by atoms with Crippen molar-refractivity contribution in [2.75, 3.05) is 29.1 Å². The van der Waals surface area contributed by atoms with E-state index in [9.17, 15) is 18.5 Å². The summed E-state index contributed by atoms with van der Waals surface area (Å²) in [5, 5.41) is 5.38. The van der Waals surface area contributed by atoms with E-state index in [2.05, 4.69) is 10.6 Å². The van der Waals surface area contributed by atoms with Gasteiger partial charge in [-0.3, -0.25) is 4.79 Å². The number of nitrogens with one attached hydrogen (secondary N) is 2. The molecule has 3 aromatic rings. The first kappa shape index (κ1) is 27.7. The van der Waals surface area contributed by atoms with Crippen LogP contribution < -0.4 is 20.8 Å². The summed E-state index contributed by atoms with van der Waals surface area (Å²) < 4.78 is 58.1. The number of benzene rings is 3. The molecular weight excluding hydrogens is 538 g/mol. The Bertz CT molecular complexity index is 1440. The lowest BCUT2D eigenvalue weighted by molar-refractivity contribution is -0.118. The molecule has 11 heteroatoms. The molecular formula is C27H26ClF3N3O3P. The van der Waals surface area contributed by atoms with E-state index in [4.69, 9.17) is 11.6 Å². The molecule has 4 rings (SSSR count). The lowest BCUT2D eigenvalue weighted by Crippen LogP contribution is -2.43. The molecule has 1 fully saturated rings. The molecule has 0 bridgehead atoms. The maximum Gasteiger partial charge on any atom is 0.319 e. The van der Waals surface area contributed by atoms with Crippen molar-refractivity contribution in [3.05, 3.63) is 77.1 Å². The summed E-state index contributed by atoms with van der Waals surface area (Å²) in [4.78, 5) is 26.3. The second-order valence-electron chi connectivity index (χ2n) is 8.85. The van der Waals surface area contributed by atoms with Crippen LogP contribution in [0.15, 0.2) is 54.6 Å². The van der Waals surface area contributed by atoms with Crippen molar-refractivity contribution in [3.63, 3.8) is 0 Å². The maximum absolute atomic E-state index is 15.4. The number of amides is 3. The maximum atomic E-state index is 15.4. The normalized spacial score (nSPS) is 15.6. The fourth-order valence-electron chi connectivity index (χ4n) is 4.54. The molecule has 38 heavy (non-hydrogen) atoms. The van der Waals surface area contributed by atoms with Crippen molar-refractivity contribution < 1.29 is 27.3 Å². The van der Waals surface area contributed by atoms with Gasteiger partial charge in [0.15, 0.2) is 11.6 Å². The van der Waals surface area contributed by atoms with Gasteiger partial charge in [0.2, 0.25) is 5.91 Å². The third-order valence-corrected chi connectivity index (χ3v) is 10.2. The minimum absolute atomic E-state index is 0.0340. The summed E-state index contributed by atoms with van der Waals surface area (Å²) in [6, 6.07) is 11.2. The Morgan fingerprint density at radius 2 is 1.74 bits per heavy atom. The lowest BCUT2D eigenvalue weighted by Gasteiger charge is -2.21. The summed E-state index contributed by atoms with van der Waals surface area (Å²) in [6.07, 6.45) is 0.909. The number of hydrogen-bond acceptors (Lipinski definition) is 3. The average molecular weight is 564 g/mol. The SMILES string of the molecule is CCP(=O)(CC)c1ccccc1-c1ccc(N2CC[C@@H](NC(=O)Nc3ccc(Cl)cc3F)C2=O)c(F)c1F. The van der Waals surface area contributed by atoms with Crippen LogP contribution in [0, 0.1) is 17.5 Å². The summed E-state index contributed by atoms with van der Waals surface area (Å²) in [5.74, 6) is -3.76. The number of carbonyl (C=O) groups is 2. The van der Waals surface area contributed by atoms with E-state index >= 15 is 8.78 Å². The predicted octanol–water partition coefficient (Wildman–Crippen LogP) is 6.38. The van der Waals surface area contributed by atoms with Crippen LogP contribution >= 0.6 is 18.7 Å². The van der Waals surface area contributed by atoms with Gasteiger partial charge in [-0.05, 0) is 42.3 Å². The smallest absolute Gasteiger partial charge is 0.319 e. The molecule has 0 unspecified atom stereocenters. The first-order valence-corrected chi connectivity index (χ1v) is 14.5. The zero-order valence-electron chi connectivity index (χ0n) is 20.7. The zero-order valence-corrected chi connectivity index (χ0v) is 22.4. The Morgan fingerprint density at radius 1 is 1.03 bits per heavy atom. The number of carbonyl (C=O) groups excluding carboxylic acids is 2. The van der Waals surface area contributed by atoms with Gasteiger partial charge in [-0.1, -0.05) is 49.7 Å². The van der Waals surface area contributed by atoms with Gasteiger partial charge in [-0.25, -0.2) is 18.0 Å². The Kier molecular flexibility index (Phi) is 8.19. The van der Waals surface area contributed by atoms with Crippen LogP contribution in [-0.4, -0.2) is 36.8 Å². The van der Waals surface area contributed by atoms with Gasteiger partial charge in [0.25, 0.3) is 0 Å². The Hall–Kier alpha value is -3.29. The van der Waals surface area contributed by atoms with Crippen molar-refractivity contribution in [1.82, 2.24) is 5.32 Å².